The summed E-state index contributed by atoms with van der Waals surface area (Å²) in [6.45, 7) is 7.91. The number of carbonyl (C=O) groups excluding carboxylic acids is 5. The molecule has 0 spiro atoms. The van der Waals surface area contributed by atoms with Gasteiger partial charge in [0.1, 0.15) is 30.0 Å². The van der Waals surface area contributed by atoms with E-state index in [1.807, 2.05) is 6.92 Å². The highest BCUT2D eigenvalue weighted by atomic mass is 16.7. The van der Waals surface area contributed by atoms with Crippen LogP contribution in [0.2, 0.25) is 0 Å². The zero-order valence-electron chi connectivity index (χ0n) is 22.9. The molecule has 3 heterocycles. The Bertz CT molecular complexity index is 1390. The van der Waals surface area contributed by atoms with Crippen LogP contribution in [0.15, 0.2) is 23.1 Å². The normalized spacial score (nSPS) is 22.2. The predicted molar refractivity (Wildman–Crippen MR) is 136 cm³/mol. The van der Waals surface area contributed by atoms with Crippen LogP contribution in [0.25, 0.3) is 11.0 Å². The minimum Gasteiger partial charge on any atom is -0.463 e. The van der Waals surface area contributed by atoms with Gasteiger partial charge in [-0.2, -0.15) is 0 Å². The first-order chi connectivity index (χ1) is 18.8. The molecular formula is C26H31N3O11. The maximum atomic E-state index is 13.5. The summed E-state index contributed by atoms with van der Waals surface area (Å²) in [5, 5.41) is 2.75. The summed E-state index contributed by atoms with van der Waals surface area (Å²) in [7, 11) is 0. The number of carbonyl (C=O) groups is 5. The van der Waals surface area contributed by atoms with Gasteiger partial charge in [0.2, 0.25) is 11.7 Å². The van der Waals surface area contributed by atoms with E-state index < -0.39 is 72.5 Å². The van der Waals surface area contributed by atoms with Crippen LogP contribution in [0.4, 0.5) is 0 Å². The Morgan fingerprint density at radius 2 is 1.57 bits per heavy atom. The lowest BCUT2D eigenvalue weighted by Crippen LogP contribution is -2.67. The fourth-order valence-electron chi connectivity index (χ4n) is 4.31. The van der Waals surface area contributed by atoms with Gasteiger partial charge >= 0.3 is 23.9 Å². The van der Waals surface area contributed by atoms with E-state index in [1.54, 1.807) is 23.6 Å². The number of aromatic nitrogens is 2. The second kappa shape index (κ2) is 12.7. The summed E-state index contributed by atoms with van der Waals surface area (Å²) in [5.74, 6) is -4.02. The van der Waals surface area contributed by atoms with E-state index in [4.69, 9.17) is 23.7 Å². The van der Waals surface area contributed by atoms with Crippen molar-refractivity contribution in [1.29, 1.82) is 0 Å². The molecule has 14 nitrogen and oxygen atoms in total. The van der Waals surface area contributed by atoms with Crippen molar-refractivity contribution in [1.82, 2.24) is 14.9 Å². The van der Waals surface area contributed by atoms with Crippen molar-refractivity contribution < 1.29 is 47.7 Å². The largest absolute Gasteiger partial charge is 0.463 e. The lowest BCUT2D eigenvalue weighted by Gasteiger charge is -2.44. The number of amides is 1. The van der Waals surface area contributed by atoms with E-state index in [2.05, 4.69) is 10.3 Å². The molecule has 0 bridgehead atoms. The second-order valence-corrected chi connectivity index (χ2v) is 9.08. The van der Waals surface area contributed by atoms with Crippen molar-refractivity contribution in [3.8, 4) is 0 Å². The third-order valence-electron chi connectivity index (χ3n) is 5.93. The van der Waals surface area contributed by atoms with E-state index in [0.717, 1.165) is 27.7 Å². The number of fused-ring (bicyclic) bond motifs is 1. The van der Waals surface area contributed by atoms with Crippen LogP contribution in [0.1, 0.15) is 50.7 Å². The van der Waals surface area contributed by atoms with Gasteiger partial charge in [0.15, 0.2) is 12.2 Å². The minimum atomic E-state index is -1.59. The van der Waals surface area contributed by atoms with Crippen molar-refractivity contribution in [3.63, 3.8) is 0 Å². The highest BCUT2D eigenvalue weighted by Gasteiger charge is 2.52. The van der Waals surface area contributed by atoms with Gasteiger partial charge in [-0.1, -0.05) is 0 Å². The number of ether oxygens (including phenoxy) is 5. The molecule has 1 N–H and O–H groups in total. The fraction of sp³-hybridized carbons (Fsp3) is 0.500. The Morgan fingerprint density at radius 3 is 2.15 bits per heavy atom. The highest BCUT2D eigenvalue weighted by Crippen LogP contribution is 2.28. The van der Waals surface area contributed by atoms with Gasteiger partial charge in [0, 0.05) is 46.1 Å². The van der Waals surface area contributed by atoms with Crippen LogP contribution < -0.4 is 10.7 Å². The van der Waals surface area contributed by atoms with Crippen LogP contribution >= 0.6 is 0 Å². The van der Waals surface area contributed by atoms with E-state index in [-0.39, 0.29) is 10.9 Å². The average Bonchev–Trinajstić information content (AvgIpc) is 2.85. The molecular weight excluding hydrogens is 530 g/mol. The van der Waals surface area contributed by atoms with Gasteiger partial charge in [-0.3, -0.25) is 28.8 Å². The van der Waals surface area contributed by atoms with E-state index >= 15 is 0 Å². The van der Waals surface area contributed by atoms with E-state index in [0.29, 0.717) is 17.9 Å². The van der Waals surface area contributed by atoms with Crippen molar-refractivity contribution in [2.75, 3.05) is 6.61 Å². The number of rotatable bonds is 8. The Labute approximate surface area is 228 Å². The van der Waals surface area contributed by atoms with Crippen molar-refractivity contribution in [2.45, 2.75) is 78.7 Å². The van der Waals surface area contributed by atoms with Gasteiger partial charge < -0.3 is 33.6 Å². The zero-order chi connectivity index (χ0) is 29.7. The number of esters is 4. The Morgan fingerprint density at radius 1 is 0.950 bits per heavy atom. The maximum absolute atomic E-state index is 13.5. The summed E-state index contributed by atoms with van der Waals surface area (Å²) in [6.07, 6.45) is -4.36. The molecule has 0 radical (unpaired) electrons. The summed E-state index contributed by atoms with van der Waals surface area (Å²) >= 11 is 0. The molecule has 3 rings (SSSR count). The van der Waals surface area contributed by atoms with Gasteiger partial charge in [0.05, 0.1) is 5.39 Å². The first kappa shape index (κ1) is 30.2. The van der Waals surface area contributed by atoms with Gasteiger partial charge in [-0.05, 0) is 26.0 Å². The first-order valence-corrected chi connectivity index (χ1v) is 12.4. The maximum Gasteiger partial charge on any atom is 0.305 e. The topological polar surface area (TPSA) is 178 Å². The van der Waals surface area contributed by atoms with Crippen LogP contribution in [0.3, 0.4) is 0 Å². The van der Waals surface area contributed by atoms with Crippen LogP contribution in [-0.2, 0) is 49.4 Å². The Hall–Kier alpha value is -4.33. The van der Waals surface area contributed by atoms with Crippen LogP contribution in [0.5, 0.6) is 0 Å². The molecule has 2 aromatic heterocycles. The molecule has 1 saturated heterocycles. The smallest absolute Gasteiger partial charge is 0.305 e. The lowest BCUT2D eigenvalue weighted by atomic mass is 9.95. The first-order valence-electron chi connectivity index (χ1n) is 12.4. The second-order valence-electron chi connectivity index (χ2n) is 9.08. The SMILES string of the molecule is CCn1cc(C(=O)N[C@H]2C(OC(C)=O)[C@@H](OC(C)=O)C(COC(C)=O)O[C@H]2OC(C)=O)c(=O)c2ccc(C)nc21. The molecule has 40 heavy (non-hydrogen) atoms. The number of hydrogen-bond donors (Lipinski definition) is 1. The number of nitrogens with one attached hydrogen (secondary N) is 1. The molecule has 0 aromatic carbocycles. The van der Waals surface area contributed by atoms with Gasteiger partial charge in [0.25, 0.3) is 5.91 Å². The summed E-state index contributed by atoms with van der Waals surface area (Å²) in [6, 6.07) is 1.76. The monoisotopic (exact) mass is 561 g/mol. The third kappa shape index (κ3) is 7.00. The molecule has 14 heteroatoms. The number of hydrogen-bond acceptors (Lipinski definition) is 12. The Kier molecular flexibility index (Phi) is 9.58. The van der Waals surface area contributed by atoms with Crippen molar-refractivity contribution in [2.24, 2.45) is 0 Å². The van der Waals surface area contributed by atoms with E-state index in [9.17, 15) is 28.8 Å². The number of aryl methyl sites for hydroxylation is 2. The minimum absolute atomic E-state index is 0.201. The molecule has 1 amide bonds. The quantitative estimate of drug-likeness (QED) is 0.350. The zero-order valence-corrected chi connectivity index (χ0v) is 22.9. The average molecular weight is 562 g/mol. The molecule has 0 saturated carbocycles. The molecule has 1 aliphatic rings. The van der Waals surface area contributed by atoms with Gasteiger partial charge in [-0.25, -0.2) is 4.98 Å². The summed E-state index contributed by atoms with van der Waals surface area (Å²) in [4.78, 5) is 78.6. The van der Waals surface area contributed by atoms with Crippen molar-refractivity contribution >= 4 is 40.8 Å². The van der Waals surface area contributed by atoms with Crippen molar-refractivity contribution in [3.05, 3.63) is 39.8 Å². The highest BCUT2D eigenvalue weighted by molar-refractivity contribution is 5.97. The molecule has 0 aliphatic carbocycles. The van der Waals surface area contributed by atoms with Crippen LogP contribution in [0, 0.1) is 6.92 Å². The van der Waals surface area contributed by atoms with Crippen LogP contribution in [-0.4, -0.2) is 76.6 Å². The lowest BCUT2D eigenvalue weighted by molar-refractivity contribution is -0.270. The third-order valence-corrected chi connectivity index (χ3v) is 5.93. The fourth-order valence-corrected chi connectivity index (χ4v) is 4.31. The molecule has 2 aromatic rings. The van der Waals surface area contributed by atoms with E-state index in [1.165, 1.54) is 6.20 Å². The molecule has 216 valence electrons. The molecule has 1 fully saturated rings. The summed E-state index contributed by atoms with van der Waals surface area (Å²) in [5.41, 5.74) is 0.191. The molecule has 2 unspecified atom stereocenters. The summed E-state index contributed by atoms with van der Waals surface area (Å²) < 4.78 is 28.4. The molecule has 1 aliphatic heterocycles. The molecule has 5 atom stereocenters. The number of pyridine rings is 2. The van der Waals surface area contributed by atoms with Gasteiger partial charge in [-0.15, -0.1) is 0 Å². The number of nitrogens with zero attached hydrogens (tertiary/aromatic N) is 2. The predicted octanol–water partition coefficient (Wildman–Crippen LogP) is 0.538. The Balaban J connectivity index is 2.09. The standard InChI is InChI=1S/C26H31N3O11/c1-7-29-10-18(21(34)17-9-8-12(2)27-24(17)29)25(35)28-20-23(38-15(5)32)22(37-14(4)31)19(11-36-13(3)30)40-26(20)39-16(6)33/h8-10,19-20,22-23,26H,7,11H2,1-6H3,(H,28,35)/t19?,20-,22-,23?,26+/m0/s1.